The van der Waals surface area contributed by atoms with Crippen molar-refractivity contribution in [2.24, 2.45) is 0 Å². The Hall–Kier alpha value is -0.320. The SMILES string of the molecule is CN1C(=O)COCC12CCNCC2.Cl. The summed E-state index contributed by atoms with van der Waals surface area (Å²) in [6, 6.07) is 0. The van der Waals surface area contributed by atoms with Crippen molar-refractivity contribution in [2.75, 3.05) is 33.4 Å². The minimum absolute atomic E-state index is 0. The van der Waals surface area contributed by atoms with E-state index in [-0.39, 0.29) is 30.5 Å². The molecule has 0 aliphatic carbocycles. The molecule has 0 aromatic rings. The molecule has 1 N–H and O–H groups in total. The van der Waals surface area contributed by atoms with Crippen LogP contribution in [-0.2, 0) is 9.53 Å². The molecule has 14 heavy (non-hydrogen) atoms. The molecule has 0 radical (unpaired) electrons. The average Bonchev–Trinajstić information content (AvgIpc) is 2.16. The highest BCUT2D eigenvalue weighted by Gasteiger charge is 2.41. The van der Waals surface area contributed by atoms with Gasteiger partial charge in [0.25, 0.3) is 0 Å². The lowest BCUT2D eigenvalue weighted by molar-refractivity contribution is -0.157. The van der Waals surface area contributed by atoms with E-state index in [9.17, 15) is 4.79 Å². The molecule has 0 bridgehead atoms. The molecule has 0 unspecified atom stereocenters. The lowest BCUT2D eigenvalue weighted by Crippen LogP contribution is -2.61. The van der Waals surface area contributed by atoms with E-state index in [1.807, 2.05) is 11.9 Å². The van der Waals surface area contributed by atoms with Gasteiger partial charge in [-0.3, -0.25) is 4.79 Å². The van der Waals surface area contributed by atoms with Crippen LogP contribution < -0.4 is 5.32 Å². The number of nitrogens with one attached hydrogen (secondary N) is 1. The van der Waals surface area contributed by atoms with Gasteiger partial charge >= 0.3 is 0 Å². The van der Waals surface area contributed by atoms with Crippen LogP contribution in [0.3, 0.4) is 0 Å². The number of ether oxygens (including phenoxy) is 1. The van der Waals surface area contributed by atoms with Gasteiger partial charge in [-0.25, -0.2) is 0 Å². The summed E-state index contributed by atoms with van der Waals surface area (Å²) in [6.45, 7) is 2.94. The molecule has 2 rings (SSSR count). The van der Waals surface area contributed by atoms with Crippen LogP contribution in [0.5, 0.6) is 0 Å². The van der Waals surface area contributed by atoms with Crippen molar-refractivity contribution in [3.05, 3.63) is 0 Å². The molecule has 4 nitrogen and oxygen atoms in total. The van der Waals surface area contributed by atoms with Crippen LogP contribution in [0.1, 0.15) is 12.8 Å². The molecule has 1 spiro atoms. The number of rotatable bonds is 0. The Balaban J connectivity index is 0.000000980. The van der Waals surface area contributed by atoms with E-state index < -0.39 is 0 Å². The van der Waals surface area contributed by atoms with E-state index in [1.54, 1.807) is 0 Å². The fraction of sp³-hybridized carbons (Fsp3) is 0.889. The third kappa shape index (κ3) is 1.87. The lowest BCUT2D eigenvalue weighted by Gasteiger charge is -2.47. The van der Waals surface area contributed by atoms with Gasteiger partial charge in [0.1, 0.15) is 6.61 Å². The predicted octanol–water partition coefficient (Wildman–Crippen LogP) is 0.0190. The van der Waals surface area contributed by atoms with Gasteiger partial charge in [-0.1, -0.05) is 0 Å². The molecule has 5 heteroatoms. The number of nitrogens with zero attached hydrogens (tertiary/aromatic N) is 1. The maximum atomic E-state index is 11.4. The second-order valence-electron chi connectivity index (χ2n) is 3.92. The molecule has 1 amide bonds. The first-order valence-corrected chi connectivity index (χ1v) is 4.80. The van der Waals surface area contributed by atoms with Crippen LogP contribution in [0.4, 0.5) is 0 Å². The zero-order valence-corrected chi connectivity index (χ0v) is 9.23. The summed E-state index contributed by atoms with van der Waals surface area (Å²) < 4.78 is 5.33. The summed E-state index contributed by atoms with van der Waals surface area (Å²) in [5.41, 5.74) is -0.0133. The van der Waals surface area contributed by atoms with Gasteiger partial charge in [0.2, 0.25) is 5.91 Å². The maximum absolute atomic E-state index is 11.4. The number of halogens is 1. The van der Waals surface area contributed by atoms with Gasteiger partial charge in [-0.05, 0) is 25.9 Å². The molecule has 0 atom stereocenters. The number of likely N-dealkylation sites (N-methyl/N-ethyl adjacent to an activating group) is 1. The summed E-state index contributed by atoms with van der Waals surface area (Å²) >= 11 is 0. The third-order valence-corrected chi connectivity index (χ3v) is 3.22. The minimum Gasteiger partial charge on any atom is -0.369 e. The van der Waals surface area contributed by atoms with Crippen LogP contribution >= 0.6 is 12.4 Å². The summed E-state index contributed by atoms with van der Waals surface area (Å²) in [5.74, 6) is 0.119. The standard InChI is InChI=1S/C9H16N2O2.ClH/c1-11-8(12)6-13-7-9(11)2-4-10-5-3-9;/h10H,2-7H2,1H3;1H. The Morgan fingerprint density at radius 1 is 1.43 bits per heavy atom. The molecule has 2 fully saturated rings. The van der Waals surface area contributed by atoms with E-state index in [0.717, 1.165) is 25.9 Å². The highest BCUT2D eigenvalue weighted by molar-refractivity contribution is 5.85. The third-order valence-electron chi connectivity index (χ3n) is 3.22. The van der Waals surface area contributed by atoms with Crippen LogP contribution in [0, 0.1) is 0 Å². The fourth-order valence-electron chi connectivity index (χ4n) is 2.16. The zero-order chi connectivity index (χ0) is 9.31. The van der Waals surface area contributed by atoms with Crippen molar-refractivity contribution in [1.29, 1.82) is 0 Å². The van der Waals surface area contributed by atoms with E-state index in [4.69, 9.17) is 4.74 Å². The predicted molar refractivity (Wildman–Crippen MR) is 55.7 cm³/mol. The van der Waals surface area contributed by atoms with E-state index in [0.29, 0.717) is 6.61 Å². The highest BCUT2D eigenvalue weighted by Crippen LogP contribution is 2.28. The number of piperidine rings is 1. The van der Waals surface area contributed by atoms with Crippen molar-refractivity contribution >= 4 is 18.3 Å². The van der Waals surface area contributed by atoms with Gasteiger partial charge in [0, 0.05) is 7.05 Å². The van der Waals surface area contributed by atoms with Crippen molar-refractivity contribution in [3.8, 4) is 0 Å². The second kappa shape index (κ2) is 4.47. The van der Waals surface area contributed by atoms with Gasteiger partial charge in [-0.15, -0.1) is 12.4 Å². The molecule has 2 aliphatic rings. The minimum atomic E-state index is -0.0133. The molecule has 82 valence electrons. The van der Waals surface area contributed by atoms with Crippen molar-refractivity contribution in [2.45, 2.75) is 18.4 Å². The van der Waals surface area contributed by atoms with Gasteiger partial charge in [0.05, 0.1) is 12.1 Å². The Labute approximate surface area is 90.4 Å². The molecule has 2 heterocycles. The Bertz CT molecular complexity index is 211. The molecule has 0 saturated carbocycles. The second-order valence-corrected chi connectivity index (χ2v) is 3.92. The van der Waals surface area contributed by atoms with Crippen LogP contribution in [0.25, 0.3) is 0 Å². The molecule has 2 saturated heterocycles. The van der Waals surface area contributed by atoms with Crippen LogP contribution in [0.15, 0.2) is 0 Å². The largest absolute Gasteiger partial charge is 0.369 e. The van der Waals surface area contributed by atoms with Gasteiger partial charge < -0.3 is 15.0 Å². The smallest absolute Gasteiger partial charge is 0.248 e. The normalized spacial score (nSPS) is 26.1. The maximum Gasteiger partial charge on any atom is 0.248 e. The number of morpholine rings is 1. The highest BCUT2D eigenvalue weighted by atomic mass is 35.5. The number of hydrogen-bond donors (Lipinski definition) is 1. The molecule has 2 aliphatic heterocycles. The molecule has 0 aromatic carbocycles. The van der Waals surface area contributed by atoms with E-state index >= 15 is 0 Å². The summed E-state index contributed by atoms with van der Waals surface area (Å²) in [4.78, 5) is 13.3. The summed E-state index contributed by atoms with van der Waals surface area (Å²) in [7, 11) is 1.90. The monoisotopic (exact) mass is 220 g/mol. The summed E-state index contributed by atoms with van der Waals surface area (Å²) in [5, 5.41) is 3.30. The first kappa shape index (κ1) is 11.8. The van der Waals surface area contributed by atoms with Gasteiger partial charge in [0.15, 0.2) is 0 Å². The average molecular weight is 221 g/mol. The topological polar surface area (TPSA) is 41.6 Å². The Morgan fingerprint density at radius 3 is 2.71 bits per heavy atom. The molecule has 0 aromatic heterocycles. The van der Waals surface area contributed by atoms with Crippen LogP contribution in [-0.4, -0.2) is 49.7 Å². The Kier molecular flexibility index (Phi) is 3.75. The Morgan fingerprint density at radius 2 is 2.07 bits per heavy atom. The van der Waals surface area contributed by atoms with Crippen molar-refractivity contribution in [3.63, 3.8) is 0 Å². The van der Waals surface area contributed by atoms with Crippen molar-refractivity contribution in [1.82, 2.24) is 10.2 Å². The number of hydrogen-bond acceptors (Lipinski definition) is 3. The zero-order valence-electron chi connectivity index (χ0n) is 8.41. The summed E-state index contributed by atoms with van der Waals surface area (Å²) in [6.07, 6.45) is 2.02. The molecular weight excluding hydrogens is 204 g/mol. The number of amides is 1. The lowest BCUT2D eigenvalue weighted by atomic mass is 9.86. The first-order valence-electron chi connectivity index (χ1n) is 4.80. The number of carbonyl (C=O) groups is 1. The first-order chi connectivity index (χ1) is 6.25. The van der Waals surface area contributed by atoms with E-state index in [1.165, 1.54) is 0 Å². The fourth-order valence-corrected chi connectivity index (χ4v) is 2.16. The van der Waals surface area contributed by atoms with E-state index in [2.05, 4.69) is 5.32 Å². The van der Waals surface area contributed by atoms with Gasteiger partial charge in [-0.2, -0.15) is 0 Å². The van der Waals surface area contributed by atoms with Crippen molar-refractivity contribution < 1.29 is 9.53 Å². The number of carbonyl (C=O) groups excluding carboxylic acids is 1. The quantitative estimate of drug-likeness (QED) is 0.626. The van der Waals surface area contributed by atoms with Crippen LogP contribution in [0.2, 0.25) is 0 Å². The molecular formula is C9H17ClN2O2.